The molecule has 0 aromatic carbocycles. The van der Waals surface area contributed by atoms with Crippen LogP contribution in [0.4, 0.5) is 0 Å². The zero-order chi connectivity index (χ0) is 20.5. The van der Waals surface area contributed by atoms with Gasteiger partial charge < -0.3 is 19.7 Å². The van der Waals surface area contributed by atoms with Crippen molar-refractivity contribution in [2.24, 2.45) is 16.1 Å². The Labute approximate surface area is 168 Å². The van der Waals surface area contributed by atoms with Crippen LogP contribution in [0.1, 0.15) is 32.1 Å². The van der Waals surface area contributed by atoms with Gasteiger partial charge in [-0.05, 0) is 42.0 Å². The number of azide groups is 2. The average Bonchev–Trinajstić information content (AvgIpc) is 3.13. The Kier molecular flexibility index (Phi) is 7.27. The van der Waals surface area contributed by atoms with E-state index in [1.54, 1.807) is 17.2 Å². The van der Waals surface area contributed by atoms with Gasteiger partial charge in [-0.2, -0.15) is 0 Å². The van der Waals surface area contributed by atoms with E-state index in [-0.39, 0.29) is 25.4 Å². The van der Waals surface area contributed by atoms with E-state index in [0.717, 1.165) is 0 Å². The number of fused-ring (bicyclic) bond motifs is 1. The second-order valence-electron chi connectivity index (χ2n) is 6.99. The van der Waals surface area contributed by atoms with Crippen molar-refractivity contribution in [3.05, 3.63) is 56.4 Å². The van der Waals surface area contributed by atoms with Gasteiger partial charge in [0.05, 0.1) is 32.0 Å². The lowest BCUT2D eigenvalue weighted by Crippen LogP contribution is -2.40. The van der Waals surface area contributed by atoms with E-state index in [4.69, 9.17) is 20.5 Å². The molecular weight excluding hydrogens is 376 g/mol. The number of allylic oxidation sites excluding steroid dienone is 2. The lowest BCUT2D eigenvalue weighted by atomic mass is 9.90. The van der Waals surface area contributed by atoms with Crippen molar-refractivity contribution in [3.8, 4) is 0 Å². The molecular formula is C18H24N8O3. The molecule has 0 aromatic heterocycles. The van der Waals surface area contributed by atoms with Gasteiger partial charge in [0.25, 0.3) is 0 Å². The molecule has 2 aliphatic heterocycles. The third-order valence-corrected chi connectivity index (χ3v) is 5.09. The Morgan fingerprint density at radius 2 is 2.03 bits per heavy atom. The number of ether oxygens (including phenoxy) is 2. The summed E-state index contributed by atoms with van der Waals surface area (Å²) in [6, 6.07) is 0. The summed E-state index contributed by atoms with van der Waals surface area (Å²) in [6.07, 6.45) is 11.1. The molecule has 1 aliphatic carbocycles. The number of hydrogen-bond acceptors (Lipinski definition) is 7. The highest BCUT2D eigenvalue weighted by Gasteiger charge is 2.38. The molecule has 0 spiro atoms. The van der Waals surface area contributed by atoms with Crippen LogP contribution in [0, 0.1) is 5.92 Å². The second kappa shape index (κ2) is 10.3. The van der Waals surface area contributed by atoms with Gasteiger partial charge in [-0.25, -0.2) is 4.79 Å². The van der Waals surface area contributed by atoms with Crippen LogP contribution in [-0.4, -0.2) is 43.3 Å². The highest BCUT2D eigenvalue weighted by Crippen LogP contribution is 2.31. The topological polar surface area (TPSA) is 148 Å². The molecule has 1 saturated carbocycles. The van der Waals surface area contributed by atoms with Crippen LogP contribution < -0.4 is 5.32 Å². The van der Waals surface area contributed by atoms with Crippen molar-refractivity contribution in [3.63, 3.8) is 0 Å². The van der Waals surface area contributed by atoms with Gasteiger partial charge in [-0.15, -0.1) is 0 Å². The van der Waals surface area contributed by atoms with Crippen molar-refractivity contribution in [2.75, 3.05) is 26.3 Å². The minimum absolute atomic E-state index is 0.0198. The van der Waals surface area contributed by atoms with E-state index in [0.29, 0.717) is 24.0 Å². The van der Waals surface area contributed by atoms with Crippen LogP contribution >= 0.6 is 0 Å². The van der Waals surface area contributed by atoms with E-state index in [1.807, 2.05) is 6.08 Å². The molecule has 3 rings (SSSR count). The number of esters is 1. The van der Waals surface area contributed by atoms with E-state index in [1.165, 1.54) is 32.1 Å². The molecule has 1 fully saturated rings. The van der Waals surface area contributed by atoms with Crippen molar-refractivity contribution in [1.82, 2.24) is 10.2 Å². The number of nitrogens with one attached hydrogen (secondary N) is 1. The quantitative estimate of drug-likeness (QED) is 0.206. The third-order valence-electron chi connectivity index (χ3n) is 5.09. The molecule has 154 valence electrons. The van der Waals surface area contributed by atoms with Crippen LogP contribution in [0.3, 0.4) is 0 Å². The highest BCUT2D eigenvalue weighted by molar-refractivity contribution is 5.90. The number of hydrogen-bond donors (Lipinski definition) is 1. The normalized spacial score (nSPS) is 20.8. The van der Waals surface area contributed by atoms with Gasteiger partial charge in [-0.1, -0.05) is 29.5 Å². The van der Waals surface area contributed by atoms with Crippen LogP contribution in [-0.2, 0) is 14.3 Å². The summed E-state index contributed by atoms with van der Waals surface area (Å²) in [5.41, 5.74) is 17.7. The molecule has 29 heavy (non-hydrogen) atoms. The van der Waals surface area contributed by atoms with Gasteiger partial charge in [-0.3, -0.25) is 0 Å². The van der Waals surface area contributed by atoms with Crippen LogP contribution in [0.15, 0.2) is 45.7 Å². The molecule has 0 saturated heterocycles. The van der Waals surface area contributed by atoms with Crippen LogP contribution in [0.2, 0.25) is 0 Å². The first-order valence-electron chi connectivity index (χ1n) is 9.72. The van der Waals surface area contributed by atoms with Crippen LogP contribution in [0.5, 0.6) is 0 Å². The molecule has 2 heterocycles. The molecule has 1 unspecified atom stereocenters. The zero-order valence-corrected chi connectivity index (χ0v) is 16.1. The third kappa shape index (κ3) is 5.16. The summed E-state index contributed by atoms with van der Waals surface area (Å²) in [5, 5.41) is 10.1. The van der Waals surface area contributed by atoms with Gasteiger partial charge >= 0.3 is 5.97 Å². The van der Waals surface area contributed by atoms with E-state index >= 15 is 0 Å². The maximum atomic E-state index is 12.6. The van der Waals surface area contributed by atoms with E-state index < -0.39 is 12.1 Å². The van der Waals surface area contributed by atoms with Crippen LogP contribution in [0.25, 0.3) is 20.9 Å². The van der Waals surface area contributed by atoms with Gasteiger partial charge in [0.15, 0.2) is 6.17 Å². The summed E-state index contributed by atoms with van der Waals surface area (Å²) >= 11 is 0. The number of carbonyl (C=O) groups is 1. The Hall–Kier alpha value is -3.29. The van der Waals surface area contributed by atoms with E-state index in [2.05, 4.69) is 25.4 Å². The monoisotopic (exact) mass is 400 g/mol. The highest BCUT2D eigenvalue weighted by atomic mass is 16.5. The summed E-state index contributed by atoms with van der Waals surface area (Å²) in [7, 11) is 0. The Bertz CT molecular complexity index is 802. The molecule has 3 aliphatic rings. The minimum Gasteiger partial charge on any atom is -0.493 e. The fourth-order valence-corrected chi connectivity index (χ4v) is 3.72. The predicted octanol–water partition coefficient (Wildman–Crippen LogP) is 3.60. The van der Waals surface area contributed by atoms with Crippen molar-refractivity contribution in [2.45, 2.75) is 38.3 Å². The van der Waals surface area contributed by atoms with Crippen molar-refractivity contribution in [1.29, 1.82) is 0 Å². The summed E-state index contributed by atoms with van der Waals surface area (Å²) < 4.78 is 11.3. The van der Waals surface area contributed by atoms with Gasteiger partial charge in [0.1, 0.15) is 11.5 Å². The lowest BCUT2D eigenvalue weighted by Gasteiger charge is -2.30. The molecule has 1 N–H and O–H groups in total. The molecule has 11 heteroatoms. The smallest absolute Gasteiger partial charge is 0.356 e. The zero-order valence-electron chi connectivity index (χ0n) is 16.1. The molecule has 0 aromatic rings. The fourth-order valence-electron chi connectivity index (χ4n) is 3.72. The van der Waals surface area contributed by atoms with Crippen molar-refractivity contribution >= 4 is 5.97 Å². The van der Waals surface area contributed by atoms with Gasteiger partial charge in [0.2, 0.25) is 0 Å². The molecule has 1 atom stereocenters. The lowest BCUT2D eigenvalue weighted by molar-refractivity contribution is -0.140. The number of rotatable bonds is 9. The first-order chi connectivity index (χ1) is 14.2. The van der Waals surface area contributed by atoms with Gasteiger partial charge in [0, 0.05) is 16.0 Å². The number of nitrogens with zero attached hydrogens (tertiary/aromatic N) is 7. The standard InChI is InChI=1S/C18H24N8O3/c19-24-21-8-10-28-18(27)16-14(11-22-25-20)23-17-15(7-4-9-26(16)17)29-12-13-5-2-1-3-6-13/h4,7,9,13,17,23H,1-3,5-6,8,10-12H2. The molecule has 11 nitrogen and oxygen atoms in total. The maximum Gasteiger partial charge on any atom is 0.356 e. The summed E-state index contributed by atoms with van der Waals surface area (Å²) in [6.45, 7) is 0.630. The number of carbonyl (C=O) groups excluding carboxylic acids is 1. The molecule has 0 bridgehead atoms. The first-order valence-corrected chi connectivity index (χ1v) is 9.72. The summed E-state index contributed by atoms with van der Waals surface area (Å²) in [5.74, 6) is 0.661. The SMILES string of the molecule is [N-]=[N+]=NCCOC(=O)C1=C(CN=[N+]=[N-])NC2C(OCC3CCCCC3)=CC=CN12. The Morgan fingerprint density at radius 1 is 1.24 bits per heavy atom. The second-order valence-corrected chi connectivity index (χ2v) is 6.99. The fraction of sp³-hybridized carbons (Fsp3) is 0.611. The minimum atomic E-state index is -0.588. The first kappa shape index (κ1) is 20.4. The Balaban J connectivity index is 1.69. The predicted molar refractivity (Wildman–Crippen MR) is 105 cm³/mol. The average molecular weight is 400 g/mol. The molecule has 0 amide bonds. The van der Waals surface area contributed by atoms with E-state index in [9.17, 15) is 4.79 Å². The largest absolute Gasteiger partial charge is 0.493 e. The maximum absolute atomic E-state index is 12.6. The van der Waals surface area contributed by atoms with Crippen molar-refractivity contribution < 1.29 is 14.3 Å². The summed E-state index contributed by atoms with van der Waals surface area (Å²) in [4.78, 5) is 19.7. The molecule has 0 radical (unpaired) electrons. The Morgan fingerprint density at radius 3 is 2.79 bits per heavy atom.